The van der Waals surface area contributed by atoms with Gasteiger partial charge in [-0.3, -0.25) is 19.5 Å². The van der Waals surface area contributed by atoms with E-state index in [0.717, 1.165) is 30.6 Å². The average molecular weight is 350 g/mol. The van der Waals surface area contributed by atoms with Crippen LogP contribution in [0.2, 0.25) is 0 Å². The maximum Gasteiger partial charge on any atom is 0.248 e. The van der Waals surface area contributed by atoms with Crippen molar-refractivity contribution in [3.63, 3.8) is 0 Å². The van der Waals surface area contributed by atoms with Crippen molar-refractivity contribution in [1.29, 1.82) is 0 Å². The second-order valence-electron chi connectivity index (χ2n) is 6.31. The first-order chi connectivity index (χ1) is 12.6. The number of pyridine rings is 1. The number of benzene rings is 1. The second kappa shape index (κ2) is 8.40. The number of nitrogens with one attached hydrogen (secondary N) is 1. The molecular formula is C20H22N4O2. The molecule has 1 aliphatic heterocycles. The van der Waals surface area contributed by atoms with Crippen LogP contribution in [0.4, 0.5) is 5.69 Å². The summed E-state index contributed by atoms with van der Waals surface area (Å²) in [5.74, 6) is -0.490. The van der Waals surface area contributed by atoms with E-state index in [-0.39, 0.29) is 17.9 Å². The van der Waals surface area contributed by atoms with Gasteiger partial charge in [-0.05, 0) is 55.3 Å². The maximum absolute atomic E-state index is 12.1. The van der Waals surface area contributed by atoms with Crippen molar-refractivity contribution in [1.82, 2.24) is 9.88 Å². The highest BCUT2D eigenvalue weighted by molar-refractivity contribution is 6.01. The highest BCUT2D eigenvalue weighted by atomic mass is 16.2. The van der Waals surface area contributed by atoms with E-state index in [9.17, 15) is 9.59 Å². The molecular weight excluding hydrogens is 328 g/mol. The Kier molecular flexibility index (Phi) is 5.76. The van der Waals surface area contributed by atoms with Gasteiger partial charge in [0.05, 0.1) is 11.7 Å². The molecule has 0 aliphatic carbocycles. The summed E-state index contributed by atoms with van der Waals surface area (Å²) >= 11 is 0. The monoisotopic (exact) mass is 350 g/mol. The molecule has 1 aliphatic rings. The van der Waals surface area contributed by atoms with Gasteiger partial charge in [-0.1, -0.05) is 18.2 Å². The van der Waals surface area contributed by atoms with Gasteiger partial charge in [-0.15, -0.1) is 0 Å². The van der Waals surface area contributed by atoms with E-state index in [1.54, 1.807) is 12.3 Å². The SMILES string of the molecule is NC(=O)C1CCCN1Cc1cccc(NC(=O)C=Cc2ccccn2)c1. The number of hydrogen-bond acceptors (Lipinski definition) is 4. The van der Waals surface area contributed by atoms with Crippen molar-refractivity contribution < 1.29 is 9.59 Å². The summed E-state index contributed by atoms with van der Waals surface area (Å²) in [4.78, 5) is 29.8. The van der Waals surface area contributed by atoms with Gasteiger partial charge in [0.2, 0.25) is 11.8 Å². The zero-order valence-electron chi connectivity index (χ0n) is 14.5. The molecule has 3 N–H and O–H groups in total. The van der Waals surface area contributed by atoms with E-state index in [2.05, 4.69) is 15.2 Å². The molecule has 1 aromatic heterocycles. The molecule has 1 aromatic carbocycles. The summed E-state index contributed by atoms with van der Waals surface area (Å²) in [7, 11) is 0. The van der Waals surface area contributed by atoms with Crippen LogP contribution in [0.15, 0.2) is 54.7 Å². The van der Waals surface area contributed by atoms with Crippen molar-refractivity contribution in [2.75, 3.05) is 11.9 Å². The Morgan fingerprint density at radius 2 is 2.15 bits per heavy atom. The molecule has 1 fully saturated rings. The first-order valence-corrected chi connectivity index (χ1v) is 8.64. The quantitative estimate of drug-likeness (QED) is 0.782. The zero-order valence-corrected chi connectivity index (χ0v) is 14.5. The van der Waals surface area contributed by atoms with Crippen LogP contribution in [0, 0.1) is 0 Å². The maximum atomic E-state index is 12.1. The van der Waals surface area contributed by atoms with E-state index in [4.69, 9.17) is 5.73 Å². The lowest BCUT2D eigenvalue weighted by atomic mass is 10.1. The number of likely N-dealkylation sites (tertiary alicyclic amines) is 1. The minimum Gasteiger partial charge on any atom is -0.368 e. The number of carbonyl (C=O) groups excluding carboxylic acids is 2. The summed E-state index contributed by atoms with van der Waals surface area (Å²) in [6.07, 6.45) is 6.59. The molecule has 1 unspecified atom stereocenters. The number of rotatable bonds is 6. The number of nitrogens with zero attached hydrogens (tertiary/aromatic N) is 2. The molecule has 0 saturated carbocycles. The Morgan fingerprint density at radius 3 is 2.92 bits per heavy atom. The molecule has 6 heteroatoms. The molecule has 134 valence electrons. The van der Waals surface area contributed by atoms with Crippen LogP contribution < -0.4 is 11.1 Å². The minimum absolute atomic E-state index is 0.199. The van der Waals surface area contributed by atoms with Gasteiger partial charge >= 0.3 is 0 Å². The van der Waals surface area contributed by atoms with Crippen LogP contribution in [0.1, 0.15) is 24.1 Å². The number of amides is 2. The molecule has 1 saturated heterocycles. The summed E-state index contributed by atoms with van der Waals surface area (Å²) in [5.41, 5.74) is 7.94. The first kappa shape index (κ1) is 17.8. The largest absolute Gasteiger partial charge is 0.368 e. The summed E-state index contributed by atoms with van der Waals surface area (Å²) in [6.45, 7) is 1.50. The van der Waals surface area contributed by atoms with Crippen LogP contribution in [-0.4, -0.2) is 34.3 Å². The molecule has 2 aromatic rings. The lowest BCUT2D eigenvalue weighted by molar-refractivity contribution is -0.122. The van der Waals surface area contributed by atoms with Gasteiger partial charge in [-0.2, -0.15) is 0 Å². The van der Waals surface area contributed by atoms with Gasteiger partial charge in [0, 0.05) is 24.5 Å². The fourth-order valence-corrected chi connectivity index (χ4v) is 3.14. The van der Waals surface area contributed by atoms with Crippen molar-refractivity contribution in [3.8, 4) is 0 Å². The van der Waals surface area contributed by atoms with Crippen LogP contribution in [-0.2, 0) is 16.1 Å². The Balaban J connectivity index is 1.61. The van der Waals surface area contributed by atoms with E-state index in [1.807, 2.05) is 42.5 Å². The fraction of sp³-hybridized carbons (Fsp3) is 0.250. The highest BCUT2D eigenvalue weighted by Gasteiger charge is 2.28. The third-order valence-electron chi connectivity index (χ3n) is 4.37. The van der Waals surface area contributed by atoms with E-state index in [1.165, 1.54) is 6.08 Å². The van der Waals surface area contributed by atoms with Gasteiger partial charge in [0.15, 0.2) is 0 Å². The Labute approximate surface area is 152 Å². The molecule has 26 heavy (non-hydrogen) atoms. The van der Waals surface area contributed by atoms with Crippen LogP contribution in [0.5, 0.6) is 0 Å². The minimum atomic E-state index is -0.272. The van der Waals surface area contributed by atoms with Gasteiger partial charge in [0.1, 0.15) is 0 Å². The highest BCUT2D eigenvalue weighted by Crippen LogP contribution is 2.21. The smallest absolute Gasteiger partial charge is 0.248 e. The number of carbonyl (C=O) groups is 2. The average Bonchev–Trinajstić information content (AvgIpc) is 3.09. The van der Waals surface area contributed by atoms with E-state index >= 15 is 0 Å². The molecule has 6 nitrogen and oxygen atoms in total. The second-order valence-corrected chi connectivity index (χ2v) is 6.31. The van der Waals surface area contributed by atoms with E-state index < -0.39 is 0 Å². The van der Waals surface area contributed by atoms with Crippen LogP contribution in [0.3, 0.4) is 0 Å². The Hall–Kier alpha value is -2.99. The van der Waals surface area contributed by atoms with Crippen molar-refractivity contribution >= 4 is 23.6 Å². The molecule has 0 spiro atoms. The number of hydrogen-bond donors (Lipinski definition) is 2. The van der Waals surface area contributed by atoms with Crippen molar-refractivity contribution in [2.45, 2.75) is 25.4 Å². The third kappa shape index (κ3) is 4.77. The lowest BCUT2D eigenvalue weighted by Crippen LogP contribution is -2.39. The topological polar surface area (TPSA) is 88.3 Å². The molecule has 2 amide bonds. The number of nitrogens with two attached hydrogens (primary N) is 1. The summed E-state index contributed by atoms with van der Waals surface area (Å²) < 4.78 is 0. The fourth-order valence-electron chi connectivity index (χ4n) is 3.14. The molecule has 0 bridgehead atoms. The predicted octanol–water partition coefficient (Wildman–Crippen LogP) is 2.18. The van der Waals surface area contributed by atoms with Gasteiger partial charge < -0.3 is 11.1 Å². The van der Waals surface area contributed by atoms with Gasteiger partial charge in [-0.25, -0.2) is 0 Å². The molecule has 2 heterocycles. The predicted molar refractivity (Wildman–Crippen MR) is 101 cm³/mol. The Morgan fingerprint density at radius 1 is 1.27 bits per heavy atom. The first-order valence-electron chi connectivity index (χ1n) is 8.64. The van der Waals surface area contributed by atoms with E-state index in [0.29, 0.717) is 12.2 Å². The number of primary amides is 1. The standard InChI is InChI=1S/C20H22N4O2/c21-20(26)18-8-4-12-24(18)14-15-5-3-7-17(13-15)23-19(25)10-9-16-6-1-2-11-22-16/h1-3,5-7,9-11,13,18H,4,8,12,14H2,(H2,21,26)(H,23,25). The van der Waals surface area contributed by atoms with Crippen LogP contribution >= 0.6 is 0 Å². The normalized spacial score (nSPS) is 17.5. The third-order valence-corrected chi connectivity index (χ3v) is 4.37. The molecule has 1 atom stereocenters. The van der Waals surface area contributed by atoms with Crippen molar-refractivity contribution in [2.24, 2.45) is 5.73 Å². The lowest BCUT2D eigenvalue weighted by Gasteiger charge is -2.22. The van der Waals surface area contributed by atoms with Crippen LogP contribution in [0.25, 0.3) is 6.08 Å². The Bertz CT molecular complexity index is 804. The number of aromatic nitrogens is 1. The number of anilines is 1. The molecule has 3 rings (SSSR count). The zero-order chi connectivity index (χ0) is 18.4. The van der Waals surface area contributed by atoms with Crippen molar-refractivity contribution in [3.05, 3.63) is 66.0 Å². The summed E-state index contributed by atoms with van der Waals surface area (Å²) in [5, 5.41) is 2.85. The van der Waals surface area contributed by atoms with Gasteiger partial charge in [0.25, 0.3) is 0 Å². The molecule has 0 radical (unpaired) electrons. The summed E-state index contributed by atoms with van der Waals surface area (Å²) in [6, 6.07) is 13.0.